The van der Waals surface area contributed by atoms with Crippen LogP contribution < -0.4 is 5.32 Å². The van der Waals surface area contributed by atoms with Crippen LogP contribution in [-0.4, -0.2) is 28.1 Å². The van der Waals surface area contributed by atoms with Crippen LogP contribution in [-0.2, 0) is 11.0 Å². The van der Waals surface area contributed by atoms with Crippen molar-refractivity contribution in [2.24, 2.45) is 0 Å². The minimum Gasteiger partial charge on any atom is -0.478 e. The van der Waals surface area contributed by atoms with Crippen LogP contribution in [0.5, 0.6) is 0 Å². The minimum atomic E-state index is -5.48. The number of aromatic carboxylic acids is 1. The zero-order chi connectivity index (χ0) is 15.7. The lowest BCUT2D eigenvalue weighted by Gasteiger charge is -2.15. The lowest BCUT2D eigenvalue weighted by molar-refractivity contribution is -0.167. The molecule has 0 aromatic carbocycles. The molecule has 1 rings (SSSR count). The van der Waals surface area contributed by atoms with Crippen LogP contribution in [0.1, 0.15) is 16.1 Å². The Morgan fingerprint density at radius 1 is 1.15 bits per heavy atom. The second kappa shape index (κ2) is 4.98. The molecule has 0 unspecified atom stereocenters. The Hall–Kier alpha value is -2.33. The number of anilines is 1. The number of halogens is 6. The SMILES string of the molecule is O=C(O)c1ccnc(C(F)(F)F)c1NC(=O)C(F)(F)F. The number of alkyl halides is 6. The third-order valence-electron chi connectivity index (χ3n) is 1.95. The van der Waals surface area contributed by atoms with E-state index in [-0.39, 0.29) is 0 Å². The van der Waals surface area contributed by atoms with Gasteiger partial charge in [-0.05, 0) is 6.07 Å². The fourth-order valence-corrected chi connectivity index (χ4v) is 1.17. The maximum atomic E-state index is 12.6. The highest BCUT2D eigenvalue weighted by molar-refractivity contribution is 6.02. The molecule has 1 heterocycles. The van der Waals surface area contributed by atoms with Crippen LogP contribution in [0.2, 0.25) is 0 Å². The summed E-state index contributed by atoms with van der Waals surface area (Å²) < 4.78 is 73.8. The first kappa shape index (κ1) is 15.7. The first-order chi connectivity index (χ1) is 8.94. The summed E-state index contributed by atoms with van der Waals surface area (Å²) in [6, 6.07) is 0.531. The maximum absolute atomic E-state index is 12.6. The number of aromatic nitrogens is 1. The molecule has 0 saturated heterocycles. The number of carboxylic acid groups (broad SMARTS) is 1. The van der Waals surface area contributed by atoms with E-state index in [1.807, 2.05) is 0 Å². The summed E-state index contributed by atoms with van der Waals surface area (Å²) in [5, 5.41) is 9.52. The molecule has 0 fully saturated rings. The molecule has 110 valence electrons. The second-order valence-corrected chi connectivity index (χ2v) is 3.34. The van der Waals surface area contributed by atoms with Crippen molar-refractivity contribution < 1.29 is 41.0 Å². The summed E-state index contributed by atoms with van der Waals surface area (Å²) in [4.78, 5) is 24.1. The predicted octanol–water partition coefficient (Wildman–Crippen LogP) is 2.30. The standard InChI is InChI=1S/C9H4F6N2O3/c10-8(11,12)5-4(17-7(20)9(13,14)15)3(6(18)19)1-2-16-5/h1-2H,(H,17,20)(H,18,19). The fraction of sp³-hybridized carbons (Fsp3) is 0.222. The normalized spacial score (nSPS) is 12.1. The highest BCUT2D eigenvalue weighted by atomic mass is 19.4. The molecule has 20 heavy (non-hydrogen) atoms. The first-order valence-electron chi connectivity index (χ1n) is 4.62. The van der Waals surface area contributed by atoms with Crippen LogP contribution in [0.15, 0.2) is 12.3 Å². The molecule has 0 aliphatic heterocycles. The van der Waals surface area contributed by atoms with E-state index < -0.39 is 41.2 Å². The van der Waals surface area contributed by atoms with Gasteiger partial charge in [0.15, 0.2) is 5.69 Å². The van der Waals surface area contributed by atoms with Gasteiger partial charge in [-0.1, -0.05) is 0 Å². The third-order valence-corrected chi connectivity index (χ3v) is 1.95. The topological polar surface area (TPSA) is 79.3 Å². The van der Waals surface area contributed by atoms with Crippen molar-refractivity contribution in [3.05, 3.63) is 23.5 Å². The number of carboxylic acids is 1. The van der Waals surface area contributed by atoms with Crippen LogP contribution in [0.4, 0.5) is 32.0 Å². The highest BCUT2D eigenvalue weighted by Gasteiger charge is 2.43. The number of nitrogens with one attached hydrogen (secondary N) is 1. The van der Waals surface area contributed by atoms with Gasteiger partial charge in [0.25, 0.3) is 0 Å². The molecule has 2 N–H and O–H groups in total. The number of amides is 1. The molecule has 5 nitrogen and oxygen atoms in total. The molecule has 0 atom stereocenters. The number of hydrogen-bond acceptors (Lipinski definition) is 3. The highest BCUT2D eigenvalue weighted by Crippen LogP contribution is 2.35. The lowest BCUT2D eigenvalue weighted by atomic mass is 10.1. The molecule has 0 bridgehead atoms. The van der Waals surface area contributed by atoms with Crippen LogP contribution in [0.25, 0.3) is 0 Å². The van der Waals surface area contributed by atoms with Gasteiger partial charge in [0.2, 0.25) is 0 Å². The van der Waals surface area contributed by atoms with Gasteiger partial charge in [0.05, 0.1) is 11.3 Å². The minimum absolute atomic E-state index is 0.454. The van der Waals surface area contributed by atoms with E-state index >= 15 is 0 Å². The average molecular weight is 302 g/mol. The number of carbonyl (C=O) groups excluding carboxylic acids is 1. The molecule has 1 aromatic rings. The number of pyridine rings is 1. The van der Waals surface area contributed by atoms with Gasteiger partial charge in [-0.2, -0.15) is 26.3 Å². The van der Waals surface area contributed by atoms with E-state index in [0.29, 0.717) is 12.3 Å². The molecular formula is C9H4F6N2O3. The maximum Gasteiger partial charge on any atom is 0.471 e. The summed E-state index contributed by atoms with van der Waals surface area (Å²) in [7, 11) is 0. The van der Waals surface area contributed by atoms with Crippen molar-refractivity contribution in [1.29, 1.82) is 0 Å². The van der Waals surface area contributed by atoms with E-state index in [9.17, 15) is 35.9 Å². The third kappa shape index (κ3) is 3.36. The monoisotopic (exact) mass is 302 g/mol. The molecule has 0 radical (unpaired) electrons. The van der Waals surface area contributed by atoms with Gasteiger partial charge in [0.1, 0.15) is 0 Å². The van der Waals surface area contributed by atoms with Crippen LogP contribution in [0, 0.1) is 0 Å². The molecule has 0 aliphatic carbocycles. The fourth-order valence-electron chi connectivity index (χ4n) is 1.17. The van der Waals surface area contributed by atoms with Crippen LogP contribution in [0.3, 0.4) is 0 Å². The summed E-state index contributed by atoms with van der Waals surface area (Å²) in [5.41, 5.74) is -4.66. The van der Waals surface area contributed by atoms with Crippen molar-refractivity contribution in [3.63, 3.8) is 0 Å². The van der Waals surface area contributed by atoms with Gasteiger partial charge in [0, 0.05) is 6.20 Å². The Morgan fingerprint density at radius 2 is 1.70 bits per heavy atom. The summed E-state index contributed by atoms with van der Waals surface area (Å²) in [6.45, 7) is 0. The first-order valence-corrected chi connectivity index (χ1v) is 4.62. The molecule has 0 aliphatic rings. The van der Waals surface area contributed by atoms with E-state index in [0.717, 1.165) is 5.32 Å². The molecule has 0 spiro atoms. The molecule has 0 saturated carbocycles. The Balaban J connectivity index is 3.41. The molecular weight excluding hydrogens is 298 g/mol. The smallest absolute Gasteiger partial charge is 0.471 e. The number of rotatable bonds is 2. The van der Waals surface area contributed by atoms with Crippen molar-refractivity contribution >= 4 is 17.6 Å². The Bertz CT molecular complexity index is 552. The molecule has 11 heteroatoms. The average Bonchev–Trinajstić information content (AvgIpc) is 2.25. The summed E-state index contributed by atoms with van der Waals surface area (Å²) >= 11 is 0. The van der Waals surface area contributed by atoms with Gasteiger partial charge in [-0.3, -0.25) is 4.79 Å². The van der Waals surface area contributed by atoms with E-state index in [2.05, 4.69) is 4.98 Å². The van der Waals surface area contributed by atoms with Crippen molar-refractivity contribution in [3.8, 4) is 0 Å². The van der Waals surface area contributed by atoms with E-state index in [1.165, 1.54) is 0 Å². The Morgan fingerprint density at radius 3 is 2.10 bits per heavy atom. The largest absolute Gasteiger partial charge is 0.478 e. The lowest BCUT2D eigenvalue weighted by Crippen LogP contribution is -2.32. The van der Waals surface area contributed by atoms with E-state index in [1.54, 1.807) is 0 Å². The van der Waals surface area contributed by atoms with Crippen LogP contribution >= 0.6 is 0 Å². The number of carbonyl (C=O) groups is 2. The van der Waals surface area contributed by atoms with Gasteiger partial charge in [-0.25, -0.2) is 9.78 Å². The number of nitrogens with zero attached hydrogens (tertiary/aromatic N) is 1. The predicted molar refractivity (Wildman–Crippen MR) is 50.9 cm³/mol. The van der Waals surface area contributed by atoms with E-state index in [4.69, 9.17) is 5.11 Å². The van der Waals surface area contributed by atoms with Gasteiger partial charge < -0.3 is 10.4 Å². The zero-order valence-electron chi connectivity index (χ0n) is 9.13. The van der Waals surface area contributed by atoms with Crippen molar-refractivity contribution in [2.45, 2.75) is 12.4 Å². The Kier molecular flexibility index (Phi) is 3.92. The Labute approximate surface area is 106 Å². The van der Waals surface area contributed by atoms with Gasteiger partial charge in [-0.15, -0.1) is 0 Å². The van der Waals surface area contributed by atoms with Crippen molar-refractivity contribution in [1.82, 2.24) is 4.98 Å². The van der Waals surface area contributed by atoms with Gasteiger partial charge >= 0.3 is 24.2 Å². The second-order valence-electron chi connectivity index (χ2n) is 3.34. The summed E-state index contributed by atoms with van der Waals surface area (Å²) in [5.74, 6) is -4.69. The summed E-state index contributed by atoms with van der Waals surface area (Å²) in [6.07, 6.45) is -10.3. The number of hydrogen-bond donors (Lipinski definition) is 2. The molecule has 1 aromatic heterocycles. The zero-order valence-corrected chi connectivity index (χ0v) is 9.13. The quantitative estimate of drug-likeness (QED) is 0.822. The molecule has 1 amide bonds. The van der Waals surface area contributed by atoms with Crippen molar-refractivity contribution in [2.75, 3.05) is 5.32 Å².